The van der Waals surface area contributed by atoms with Gasteiger partial charge in [-0.2, -0.15) is 0 Å². The van der Waals surface area contributed by atoms with Crippen LogP contribution in [0.3, 0.4) is 0 Å². The number of hydrogen-bond donors (Lipinski definition) is 0. The van der Waals surface area contributed by atoms with Gasteiger partial charge < -0.3 is 14.2 Å². The minimum atomic E-state index is 0.267. The molecule has 0 aromatic heterocycles. The average molecular weight is 319 g/mol. The molecule has 0 spiro atoms. The zero-order valence-electron chi connectivity index (χ0n) is 14.6. The molecule has 0 radical (unpaired) electrons. The predicted octanol–water partition coefficient (Wildman–Crippen LogP) is 3.41. The maximum Gasteiger partial charge on any atom is 0.124 e. The third kappa shape index (κ3) is 4.18. The second-order valence-electron chi connectivity index (χ2n) is 6.82. The summed E-state index contributed by atoms with van der Waals surface area (Å²) in [6, 6.07) is 4.34. The molecule has 1 saturated heterocycles. The van der Waals surface area contributed by atoms with E-state index in [2.05, 4.69) is 31.0 Å². The molecule has 2 aliphatic heterocycles. The smallest absolute Gasteiger partial charge is 0.124 e. The lowest BCUT2D eigenvalue weighted by Crippen LogP contribution is -2.33. The molecule has 4 nitrogen and oxygen atoms in total. The van der Waals surface area contributed by atoms with Crippen molar-refractivity contribution in [2.75, 3.05) is 26.8 Å². The van der Waals surface area contributed by atoms with Crippen molar-refractivity contribution in [1.82, 2.24) is 4.90 Å². The SMILES string of the molecule is CCOc1cc2c(cc1CN(C)CC1CCCCO1)OC(C)C2. The Kier molecular flexibility index (Phi) is 5.44. The van der Waals surface area contributed by atoms with Crippen LogP contribution < -0.4 is 9.47 Å². The summed E-state index contributed by atoms with van der Waals surface area (Å²) in [5.74, 6) is 2.03. The van der Waals surface area contributed by atoms with Gasteiger partial charge in [0.25, 0.3) is 0 Å². The highest BCUT2D eigenvalue weighted by molar-refractivity contribution is 5.48. The Bertz CT molecular complexity index is 526. The first-order valence-corrected chi connectivity index (χ1v) is 8.91. The van der Waals surface area contributed by atoms with Gasteiger partial charge in [-0.3, -0.25) is 4.90 Å². The van der Waals surface area contributed by atoms with Gasteiger partial charge in [0, 0.05) is 37.2 Å². The Morgan fingerprint density at radius 1 is 1.30 bits per heavy atom. The molecular formula is C19H29NO3. The molecule has 0 amide bonds. The van der Waals surface area contributed by atoms with Crippen LogP contribution in [0.25, 0.3) is 0 Å². The Morgan fingerprint density at radius 2 is 2.17 bits per heavy atom. The first-order valence-electron chi connectivity index (χ1n) is 8.91. The van der Waals surface area contributed by atoms with E-state index in [0.717, 1.165) is 37.6 Å². The normalized spacial score (nSPS) is 23.7. The summed E-state index contributed by atoms with van der Waals surface area (Å²) in [4.78, 5) is 2.33. The third-order valence-corrected chi connectivity index (χ3v) is 4.61. The van der Waals surface area contributed by atoms with Gasteiger partial charge in [-0.05, 0) is 52.3 Å². The van der Waals surface area contributed by atoms with Crippen molar-refractivity contribution in [2.45, 2.75) is 58.3 Å². The summed E-state index contributed by atoms with van der Waals surface area (Å²) in [5, 5.41) is 0. The zero-order chi connectivity index (χ0) is 16.2. The standard InChI is InChI=1S/C19H29NO3/c1-4-21-18-10-15-9-14(2)23-19(15)11-16(18)12-20(3)13-17-7-5-6-8-22-17/h10-11,14,17H,4-9,12-13H2,1-3H3. The van der Waals surface area contributed by atoms with Crippen molar-refractivity contribution in [3.05, 3.63) is 23.3 Å². The molecule has 1 aromatic rings. The average Bonchev–Trinajstić information content (AvgIpc) is 2.88. The summed E-state index contributed by atoms with van der Waals surface area (Å²) >= 11 is 0. The van der Waals surface area contributed by atoms with E-state index >= 15 is 0 Å². The molecule has 0 aliphatic carbocycles. The highest BCUT2D eigenvalue weighted by Crippen LogP contribution is 2.35. The Hall–Kier alpha value is -1.26. The molecule has 2 aliphatic rings. The first kappa shape index (κ1) is 16.6. The van der Waals surface area contributed by atoms with Crippen LogP contribution in [0.1, 0.15) is 44.2 Å². The Balaban J connectivity index is 1.69. The zero-order valence-corrected chi connectivity index (χ0v) is 14.6. The molecule has 128 valence electrons. The number of likely N-dealkylation sites (N-methyl/N-ethyl adjacent to an activating group) is 1. The van der Waals surface area contributed by atoms with Crippen molar-refractivity contribution in [3.8, 4) is 11.5 Å². The number of hydrogen-bond acceptors (Lipinski definition) is 4. The summed E-state index contributed by atoms with van der Waals surface area (Å²) in [5.41, 5.74) is 2.47. The van der Waals surface area contributed by atoms with E-state index in [1.165, 1.54) is 30.4 Å². The van der Waals surface area contributed by atoms with E-state index in [-0.39, 0.29) is 6.10 Å². The van der Waals surface area contributed by atoms with Crippen LogP contribution in [0.4, 0.5) is 0 Å². The van der Waals surface area contributed by atoms with Crippen molar-refractivity contribution in [3.63, 3.8) is 0 Å². The van der Waals surface area contributed by atoms with Gasteiger partial charge in [0.05, 0.1) is 12.7 Å². The summed E-state index contributed by atoms with van der Waals surface area (Å²) in [6.07, 6.45) is 5.27. The number of nitrogens with zero attached hydrogens (tertiary/aromatic N) is 1. The van der Waals surface area contributed by atoms with E-state index < -0.39 is 0 Å². The number of ether oxygens (including phenoxy) is 3. The molecule has 0 N–H and O–H groups in total. The highest BCUT2D eigenvalue weighted by Gasteiger charge is 2.23. The number of fused-ring (bicyclic) bond motifs is 1. The van der Waals surface area contributed by atoms with Gasteiger partial charge in [0.1, 0.15) is 17.6 Å². The van der Waals surface area contributed by atoms with Crippen LogP contribution in [0.2, 0.25) is 0 Å². The van der Waals surface area contributed by atoms with Crippen molar-refractivity contribution >= 4 is 0 Å². The number of rotatable bonds is 6. The van der Waals surface area contributed by atoms with E-state index in [4.69, 9.17) is 14.2 Å². The molecule has 1 fully saturated rings. The minimum Gasteiger partial charge on any atom is -0.494 e. The van der Waals surface area contributed by atoms with Gasteiger partial charge >= 0.3 is 0 Å². The highest BCUT2D eigenvalue weighted by atomic mass is 16.5. The lowest BCUT2D eigenvalue weighted by atomic mass is 10.1. The van der Waals surface area contributed by atoms with Gasteiger partial charge in [-0.15, -0.1) is 0 Å². The Morgan fingerprint density at radius 3 is 2.91 bits per heavy atom. The minimum absolute atomic E-state index is 0.267. The topological polar surface area (TPSA) is 30.9 Å². The molecule has 1 aromatic carbocycles. The first-order chi connectivity index (χ1) is 11.2. The van der Waals surface area contributed by atoms with E-state index in [0.29, 0.717) is 12.7 Å². The molecule has 4 heteroatoms. The van der Waals surface area contributed by atoms with Gasteiger partial charge in [0.15, 0.2) is 0 Å². The summed E-state index contributed by atoms with van der Waals surface area (Å²) in [6.45, 7) is 7.59. The van der Waals surface area contributed by atoms with E-state index in [1.54, 1.807) is 0 Å². The van der Waals surface area contributed by atoms with Crippen LogP contribution in [0.5, 0.6) is 11.5 Å². The lowest BCUT2D eigenvalue weighted by molar-refractivity contribution is -0.00269. The van der Waals surface area contributed by atoms with Gasteiger partial charge in [-0.25, -0.2) is 0 Å². The fourth-order valence-corrected chi connectivity index (χ4v) is 3.55. The van der Waals surface area contributed by atoms with Crippen LogP contribution in [0.15, 0.2) is 12.1 Å². The third-order valence-electron chi connectivity index (χ3n) is 4.61. The molecular weight excluding hydrogens is 290 g/mol. The lowest BCUT2D eigenvalue weighted by Gasteiger charge is -2.28. The molecule has 0 bridgehead atoms. The monoisotopic (exact) mass is 319 g/mol. The summed E-state index contributed by atoms with van der Waals surface area (Å²) < 4.78 is 17.6. The van der Waals surface area contributed by atoms with Crippen LogP contribution in [-0.2, 0) is 17.7 Å². The molecule has 2 atom stereocenters. The van der Waals surface area contributed by atoms with E-state index in [1.807, 2.05) is 6.92 Å². The maximum absolute atomic E-state index is 5.91. The predicted molar refractivity (Wildman–Crippen MR) is 91.3 cm³/mol. The van der Waals surface area contributed by atoms with E-state index in [9.17, 15) is 0 Å². The second-order valence-corrected chi connectivity index (χ2v) is 6.82. The van der Waals surface area contributed by atoms with Crippen molar-refractivity contribution < 1.29 is 14.2 Å². The fourth-order valence-electron chi connectivity index (χ4n) is 3.55. The number of benzene rings is 1. The maximum atomic E-state index is 5.91. The van der Waals surface area contributed by atoms with Gasteiger partial charge in [0.2, 0.25) is 0 Å². The Labute approximate surface area is 139 Å². The second kappa shape index (κ2) is 7.54. The molecule has 2 unspecified atom stereocenters. The molecule has 2 heterocycles. The van der Waals surface area contributed by atoms with Crippen molar-refractivity contribution in [2.24, 2.45) is 0 Å². The fraction of sp³-hybridized carbons (Fsp3) is 0.684. The quantitative estimate of drug-likeness (QED) is 0.804. The molecule has 3 rings (SSSR count). The largest absolute Gasteiger partial charge is 0.494 e. The molecule has 23 heavy (non-hydrogen) atoms. The van der Waals surface area contributed by atoms with Crippen LogP contribution in [-0.4, -0.2) is 43.9 Å². The summed E-state index contributed by atoms with van der Waals surface area (Å²) in [7, 11) is 2.16. The van der Waals surface area contributed by atoms with Crippen molar-refractivity contribution in [1.29, 1.82) is 0 Å². The van der Waals surface area contributed by atoms with Gasteiger partial charge in [-0.1, -0.05) is 0 Å². The van der Waals surface area contributed by atoms with Crippen LogP contribution in [0, 0.1) is 0 Å². The van der Waals surface area contributed by atoms with Crippen LogP contribution >= 0.6 is 0 Å². The molecule has 0 saturated carbocycles.